The van der Waals surface area contributed by atoms with Gasteiger partial charge in [-0.15, -0.1) is 0 Å². The molecule has 0 aliphatic carbocycles. The summed E-state index contributed by atoms with van der Waals surface area (Å²) in [7, 11) is 3.09. The number of rotatable bonds is 5. The molecule has 1 aromatic heterocycles. The van der Waals surface area contributed by atoms with Crippen LogP contribution >= 0.6 is 0 Å². The number of hydrogen-bond donors (Lipinski definition) is 1. The average Bonchev–Trinajstić information content (AvgIpc) is 2.60. The zero-order valence-corrected chi connectivity index (χ0v) is 13.7. The molecule has 1 aromatic carbocycles. The zero-order chi connectivity index (χ0) is 17.7. The number of nitrogens with zero attached hydrogens (tertiary/aromatic N) is 2. The standard InChI is InChI=1S/C17H19F2N3O2/c1-11(12-6-7-14(18)15(19)9-12)22(2)17(23)21-10-13-5-4-8-20-16(13)24-3/h4-9,11H,10H2,1-3H3,(H,21,23). The maximum Gasteiger partial charge on any atom is 0.317 e. The Kier molecular flexibility index (Phi) is 5.68. The van der Waals surface area contributed by atoms with Crippen LogP contribution in [0.2, 0.25) is 0 Å². The van der Waals surface area contributed by atoms with E-state index in [2.05, 4.69) is 10.3 Å². The fraction of sp³-hybridized carbons (Fsp3) is 0.294. The summed E-state index contributed by atoms with van der Waals surface area (Å²) in [6, 6.07) is 6.37. The first-order chi connectivity index (χ1) is 11.4. The van der Waals surface area contributed by atoms with E-state index >= 15 is 0 Å². The lowest BCUT2D eigenvalue weighted by Crippen LogP contribution is -2.38. The van der Waals surface area contributed by atoms with E-state index in [4.69, 9.17) is 4.74 Å². The van der Waals surface area contributed by atoms with Gasteiger partial charge >= 0.3 is 6.03 Å². The molecule has 128 valence electrons. The number of carbonyl (C=O) groups is 1. The molecule has 2 aromatic rings. The van der Waals surface area contributed by atoms with Crippen molar-refractivity contribution in [1.82, 2.24) is 15.2 Å². The van der Waals surface area contributed by atoms with Crippen molar-refractivity contribution in [2.24, 2.45) is 0 Å². The second-order valence-corrected chi connectivity index (χ2v) is 5.29. The molecule has 0 bridgehead atoms. The molecule has 0 spiro atoms. The van der Waals surface area contributed by atoms with Crippen molar-refractivity contribution >= 4 is 6.03 Å². The Hall–Kier alpha value is -2.70. The number of nitrogens with one attached hydrogen (secondary N) is 1. The molecule has 2 amide bonds. The summed E-state index contributed by atoms with van der Waals surface area (Å²) in [6.07, 6.45) is 1.60. The Balaban J connectivity index is 2.02. The van der Waals surface area contributed by atoms with E-state index in [-0.39, 0.29) is 12.6 Å². The smallest absolute Gasteiger partial charge is 0.317 e. The Morgan fingerprint density at radius 1 is 1.33 bits per heavy atom. The van der Waals surface area contributed by atoms with Gasteiger partial charge in [0, 0.05) is 25.4 Å². The van der Waals surface area contributed by atoms with Crippen molar-refractivity contribution in [1.29, 1.82) is 0 Å². The van der Waals surface area contributed by atoms with Crippen molar-refractivity contribution in [2.45, 2.75) is 19.5 Å². The third-order valence-electron chi connectivity index (χ3n) is 3.80. The Morgan fingerprint density at radius 2 is 2.08 bits per heavy atom. The fourth-order valence-electron chi connectivity index (χ4n) is 2.21. The maximum atomic E-state index is 13.3. The van der Waals surface area contributed by atoms with Gasteiger partial charge in [0.15, 0.2) is 11.6 Å². The van der Waals surface area contributed by atoms with Gasteiger partial charge < -0.3 is 15.0 Å². The summed E-state index contributed by atoms with van der Waals surface area (Å²) in [6.45, 7) is 1.97. The molecule has 1 unspecified atom stereocenters. The lowest BCUT2D eigenvalue weighted by Gasteiger charge is -2.25. The van der Waals surface area contributed by atoms with Crippen molar-refractivity contribution in [3.63, 3.8) is 0 Å². The molecule has 5 nitrogen and oxygen atoms in total. The van der Waals surface area contributed by atoms with Gasteiger partial charge in [0.1, 0.15) is 0 Å². The van der Waals surface area contributed by atoms with Gasteiger partial charge in [-0.05, 0) is 30.7 Å². The van der Waals surface area contributed by atoms with E-state index in [9.17, 15) is 13.6 Å². The lowest BCUT2D eigenvalue weighted by molar-refractivity contribution is 0.193. The maximum absolute atomic E-state index is 13.3. The first-order valence-electron chi connectivity index (χ1n) is 7.37. The molecule has 1 atom stereocenters. The summed E-state index contributed by atoms with van der Waals surface area (Å²) in [4.78, 5) is 17.7. The minimum absolute atomic E-state index is 0.241. The van der Waals surface area contributed by atoms with Crippen LogP contribution in [0.4, 0.5) is 13.6 Å². The number of aromatic nitrogens is 1. The van der Waals surface area contributed by atoms with Gasteiger partial charge in [-0.2, -0.15) is 0 Å². The highest BCUT2D eigenvalue weighted by Gasteiger charge is 2.19. The van der Waals surface area contributed by atoms with E-state index in [0.29, 0.717) is 11.4 Å². The van der Waals surface area contributed by atoms with Crippen LogP contribution in [0.5, 0.6) is 5.88 Å². The molecule has 0 saturated carbocycles. The number of halogens is 2. The zero-order valence-electron chi connectivity index (χ0n) is 13.7. The van der Waals surface area contributed by atoms with E-state index in [1.54, 1.807) is 32.3 Å². The molecule has 0 fully saturated rings. The van der Waals surface area contributed by atoms with E-state index in [0.717, 1.165) is 17.7 Å². The van der Waals surface area contributed by atoms with E-state index < -0.39 is 17.7 Å². The van der Waals surface area contributed by atoms with Gasteiger partial charge in [-0.3, -0.25) is 0 Å². The molecule has 0 aliphatic heterocycles. The highest BCUT2D eigenvalue weighted by atomic mass is 19.2. The summed E-state index contributed by atoms with van der Waals surface area (Å²) in [5, 5.41) is 2.75. The molecule has 0 radical (unpaired) electrons. The summed E-state index contributed by atoms with van der Waals surface area (Å²) >= 11 is 0. The van der Waals surface area contributed by atoms with Crippen molar-refractivity contribution in [2.75, 3.05) is 14.2 Å². The molecular formula is C17H19F2N3O2. The number of ether oxygens (including phenoxy) is 1. The molecule has 24 heavy (non-hydrogen) atoms. The number of pyridine rings is 1. The van der Waals surface area contributed by atoms with Crippen molar-refractivity contribution < 1.29 is 18.3 Å². The highest BCUT2D eigenvalue weighted by molar-refractivity contribution is 5.74. The van der Waals surface area contributed by atoms with Crippen LogP contribution in [0.15, 0.2) is 36.5 Å². The van der Waals surface area contributed by atoms with Crippen LogP contribution in [0, 0.1) is 11.6 Å². The molecule has 7 heteroatoms. The van der Waals surface area contributed by atoms with E-state index in [1.165, 1.54) is 18.1 Å². The largest absolute Gasteiger partial charge is 0.481 e. The summed E-state index contributed by atoms with van der Waals surface area (Å²) in [5.74, 6) is -1.41. The number of urea groups is 1. The molecule has 1 heterocycles. The number of methoxy groups -OCH3 is 1. The van der Waals surface area contributed by atoms with Crippen LogP contribution < -0.4 is 10.1 Å². The first-order valence-corrected chi connectivity index (χ1v) is 7.37. The topological polar surface area (TPSA) is 54.5 Å². The third kappa shape index (κ3) is 3.98. The summed E-state index contributed by atoms with van der Waals surface area (Å²) < 4.78 is 31.5. The third-order valence-corrected chi connectivity index (χ3v) is 3.80. The van der Waals surface area contributed by atoms with Gasteiger partial charge in [-0.1, -0.05) is 12.1 Å². The van der Waals surface area contributed by atoms with Crippen LogP contribution in [0.3, 0.4) is 0 Å². The quantitative estimate of drug-likeness (QED) is 0.912. The number of amides is 2. The van der Waals surface area contributed by atoms with Gasteiger partial charge in [-0.25, -0.2) is 18.6 Å². The van der Waals surface area contributed by atoms with Crippen LogP contribution in [0.25, 0.3) is 0 Å². The van der Waals surface area contributed by atoms with Crippen LogP contribution in [-0.2, 0) is 6.54 Å². The number of benzene rings is 1. The molecule has 0 aliphatic rings. The highest BCUT2D eigenvalue weighted by Crippen LogP contribution is 2.21. The minimum Gasteiger partial charge on any atom is -0.481 e. The number of hydrogen-bond acceptors (Lipinski definition) is 3. The second-order valence-electron chi connectivity index (χ2n) is 5.29. The SMILES string of the molecule is COc1ncccc1CNC(=O)N(C)C(C)c1ccc(F)c(F)c1. The molecule has 2 rings (SSSR count). The van der Waals surface area contributed by atoms with Crippen molar-refractivity contribution in [3.8, 4) is 5.88 Å². The lowest BCUT2D eigenvalue weighted by atomic mass is 10.1. The predicted molar refractivity (Wildman–Crippen MR) is 85.6 cm³/mol. The fourth-order valence-corrected chi connectivity index (χ4v) is 2.21. The second kappa shape index (κ2) is 7.72. The molecule has 1 N–H and O–H groups in total. The first kappa shape index (κ1) is 17.7. The van der Waals surface area contributed by atoms with Gasteiger partial charge in [0.2, 0.25) is 5.88 Å². The number of carbonyl (C=O) groups excluding carboxylic acids is 1. The molecular weight excluding hydrogens is 316 g/mol. The van der Waals surface area contributed by atoms with Gasteiger partial charge in [0.25, 0.3) is 0 Å². The average molecular weight is 335 g/mol. The summed E-state index contributed by atoms with van der Waals surface area (Å²) in [5.41, 5.74) is 1.24. The Bertz CT molecular complexity index is 725. The van der Waals surface area contributed by atoms with Crippen LogP contribution in [0.1, 0.15) is 24.1 Å². The Morgan fingerprint density at radius 3 is 2.75 bits per heavy atom. The Labute approximate surface area is 139 Å². The van der Waals surface area contributed by atoms with Crippen LogP contribution in [-0.4, -0.2) is 30.1 Å². The van der Waals surface area contributed by atoms with Gasteiger partial charge in [0.05, 0.1) is 13.2 Å². The monoisotopic (exact) mass is 335 g/mol. The normalized spacial score (nSPS) is 11.7. The molecule has 0 saturated heterocycles. The minimum atomic E-state index is -0.937. The van der Waals surface area contributed by atoms with Crippen molar-refractivity contribution in [3.05, 3.63) is 59.3 Å². The predicted octanol–water partition coefficient (Wildman–Crippen LogP) is 3.27. The van der Waals surface area contributed by atoms with E-state index in [1.807, 2.05) is 0 Å².